The standard InChI is InChI=1S/C24H32N4O9/c25-19(29)6-8-34-10-12-36-14-15-37-13-11-35-9-7-26-17-3-1-2-16-21(17)24(33)28(23(16)32)18-4-5-20(30)27-22(18)31/h1-3,18,26H,4-15H2,(H2,25,29)(H,27,30,31). The van der Waals surface area contributed by atoms with Crippen LogP contribution in [0.2, 0.25) is 0 Å². The molecule has 1 aromatic carbocycles. The Morgan fingerprint density at radius 2 is 1.54 bits per heavy atom. The first kappa shape index (κ1) is 28.2. The van der Waals surface area contributed by atoms with Crippen molar-refractivity contribution < 1.29 is 42.9 Å². The van der Waals surface area contributed by atoms with Crippen LogP contribution in [0.25, 0.3) is 0 Å². The molecule has 0 saturated carbocycles. The largest absolute Gasteiger partial charge is 0.382 e. The molecule has 2 aliphatic rings. The number of carbonyl (C=O) groups excluding carboxylic acids is 5. The lowest BCUT2D eigenvalue weighted by atomic mass is 10.0. The van der Waals surface area contributed by atoms with E-state index in [0.717, 1.165) is 4.90 Å². The van der Waals surface area contributed by atoms with Crippen molar-refractivity contribution in [2.75, 3.05) is 64.7 Å². The molecule has 13 nitrogen and oxygen atoms in total. The Morgan fingerprint density at radius 3 is 2.16 bits per heavy atom. The third kappa shape index (κ3) is 8.05. The van der Waals surface area contributed by atoms with E-state index in [1.807, 2.05) is 0 Å². The molecule has 2 aliphatic heterocycles. The second-order valence-corrected chi connectivity index (χ2v) is 8.27. The van der Waals surface area contributed by atoms with Crippen LogP contribution in [0.4, 0.5) is 5.69 Å². The van der Waals surface area contributed by atoms with E-state index < -0.39 is 35.6 Å². The molecule has 13 heteroatoms. The molecule has 1 aromatic rings. The predicted octanol–water partition coefficient (Wildman–Crippen LogP) is -0.558. The molecule has 1 atom stereocenters. The van der Waals surface area contributed by atoms with E-state index in [1.165, 1.54) is 0 Å². The second-order valence-electron chi connectivity index (χ2n) is 8.27. The lowest BCUT2D eigenvalue weighted by molar-refractivity contribution is -0.136. The van der Waals surface area contributed by atoms with Crippen molar-refractivity contribution in [3.05, 3.63) is 29.3 Å². The number of ether oxygens (including phenoxy) is 4. The van der Waals surface area contributed by atoms with Crippen LogP contribution >= 0.6 is 0 Å². The summed E-state index contributed by atoms with van der Waals surface area (Å²) in [6.07, 6.45) is 0.360. The van der Waals surface area contributed by atoms with Crippen LogP contribution in [0.5, 0.6) is 0 Å². The second kappa shape index (κ2) is 14.4. The first-order valence-electron chi connectivity index (χ1n) is 12.1. The Morgan fingerprint density at radius 1 is 0.919 bits per heavy atom. The van der Waals surface area contributed by atoms with Crippen LogP contribution < -0.4 is 16.4 Å². The van der Waals surface area contributed by atoms with Crippen molar-refractivity contribution >= 4 is 35.2 Å². The van der Waals surface area contributed by atoms with Gasteiger partial charge in [-0.15, -0.1) is 0 Å². The SMILES string of the molecule is NC(=O)CCOCCOCCOCCOCCNc1cccc2c1C(=O)N(C1CCC(=O)NC1=O)C2=O. The van der Waals surface area contributed by atoms with Gasteiger partial charge in [0.1, 0.15) is 6.04 Å². The summed E-state index contributed by atoms with van der Waals surface area (Å²) >= 11 is 0. The van der Waals surface area contributed by atoms with E-state index in [4.69, 9.17) is 24.7 Å². The predicted molar refractivity (Wildman–Crippen MR) is 129 cm³/mol. The normalized spacial score (nSPS) is 17.2. The summed E-state index contributed by atoms with van der Waals surface area (Å²) in [5.74, 6) is -2.58. The van der Waals surface area contributed by atoms with E-state index in [0.29, 0.717) is 58.5 Å². The summed E-state index contributed by atoms with van der Waals surface area (Å²) in [6, 6.07) is 3.88. The van der Waals surface area contributed by atoms with Gasteiger partial charge in [-0.05, 0) is 18.6 Å². The molecule has 202 valence electrons. The van der Waals surface area contributed by atoms with Gasteiger partial charge in [0.05, 0.1) is 64.0 Å². The maximum absolute atomic E-state index is 13.0. The number of carbonyl (C=O) groups is 5. The van der Waals surface area contributed by atoms with Crippen molar-refractivity contribution in [2.24, 2.45) is 5.73 Å². The maximum atomic E-state index is 13.0. The first-order chi connectivity index (χ1) is 17.9. The van der Waals surface area contributed by atoms with E-state index in [9.17, 15) is 24.0 Å². The molecule has 0 bridgehead atoms. The average Bonchev–Trinajstić information content (AvgIpc) is 3.12. The minimum Gasteiger partial charge on any atom is -0.382 e. The van der Waals surface area contributed by atoms with Gasteiger partial charge in [0, 0.05) is 25.1 Å². The van der Waals surface area contributed by atoms with Gasteiger partial charge in [0.25, 0.3) is 11.8 Å². The Bertz CT molecular complexity index is 1000. The molecular formula is C24H32N4O9. The van der Waals surface area contributed by atoms with Crippen molar-refractivity contribution in [1.82, 2.24) is 10.2 Å². The zero-order valence-electron chi connectivity index (χ0n) is 20.5. The van der Waals surface area contributed by atoms with Gasteiger partial charge >= 0.3 is 0 Å². The summed E-state index contributed by atoms with van der Waals surface area (Å²) in [4.78, 5) is 61.0. The summed E-state index contributed by atoms with van der Waals surface area (Å²) in [5, 5.41) is 5.29. The highest BCUT2D eigenvalue weighted by atomic mass is 16.6. The van der Waals surface area contributed by atoms with E-state index in [2.05, 4.69) is 10.6 Å². The highest BCUT2D eigenvalue weighted by Crippen LogP contribution is 2.32. The molecule has 1 unspecified atom stereocenters. The van der Waals surface area contributed by atoms with Crippen molar-refractivity contribution in [2.45, 2.75) is 25.3 Å². The molecule has 37 heavy (non-hydrogen) atoms. The number of hydrogen-bond acceptors (Lipinski definition) is 10. The number of primary amides is 1. The number of anilines is 1. The zero-order valence-corrected chi connectivity index (χ0v) is 20.5. The minimum absolute atomic E-state index is 0.0671. The van der Waals surface area contributed by atoms with E-state index in [-0.39, 0.29) is 37.0 Å². The van der Waals surface area contributed by atoms with Gasteiger partial charge in [-0.3, -0.25) is 34.2 Å². The lowest BCUT2D eigenvalue weighted by Crippen LogP contribution is -2.54. The number of fused-ring (bicyclic) bond motifs is 1. The van der Waals surface area contributed by atoms with Crippen LogP contribution in [0.15, 0.2) is 18.2 Å². The third-order valence-electron chi connectivity index (χ3n) is 5.64. The molecule has 0 spiro atoms. The summed E-state index contributed by atoms with van der Waals surface area (Å²) in [7, 11) is 0. The van der Waals surface area contributed by atoms with E-state index >= 15 is 0 Å². The number of nitrogens with zero attached hydrogens (tertiary/aromatic N) is 1. The molecular weight excluding hydrogens is 488 g/mol. The van der Waals surface area contributed by atoms with Gasteiger partial charge in [0.2, 0.25) is 17.7 Å². The number of amides is 5. The highest BCUT2D eigenvalue weighted by Gasteiger charge is 2.45. The molecule has 1 fully saturated rings. The Balaban J connectivity index is 1.30. The number of nitrogens with two attached hydrogens (primary N) is 1. The monoisotopic (exact) mass is 520 g/mol. The van der Waals surface area contributed by atoms with Crippen LogP contribution in [-0.4, -0.2) is 99.9 Å². The van der Waals surface area contributed by atoms with Gasteiger partial charge in [-0.1, -0.05) is 6.07 Å². The quantitative estimate of drug-likeness (QED) is 0.178. The van der Waals surface area contributed by atoms with Crippen LogP contribution in [-0.2, 0) is 33.3 Å². The number of nitrogens with one attached hydrogen (secondary N) is 2. The maximum Gasteiger partial charge on any atom is 0.264 e. The molecule has 0 radical (unpaired) electrons. The fourth-order valence-corrected chi connectivity index (χ4v) is 3.85. The van der Waals surface area contributed by atoms with Crippen molar-refractivity contribution in [3.8, 4) is 0 Å². The van der Waals surface area contributed by atoms with Crippen LogP contribution in [0, 0.1) is 0 Å². The first-order valence-corrected chi connectivity index (χ1v) is 12.1. The van der Waals surface area contributed by atoms with Crippen molar-refractivity contribution in [1.29, 1.82) is 0 Å². The minimum atomic E-state index is -1.01. The molecule has 5 amide bonds. The van der Waals surface area contributed by atoms with Crippen LogP contribution in [0.1, 0.15) is 40.0 Å². The number of rotatable bonds is 17. The van der Waals surface area contributed by atoms with Crippen molar-refractivity contribution in [3.63, 3.8) is 0 Å². The number of hydrogen-bond donors (Lipinski definition) is 3. The number of benzene rings is 1. The lowest BCUT2D eigenvalue weighted by Gasteiger charge is -2.27. The smallest absolute Gasteiger partial charge is 0.264 e. The molecule has 0 aliphatic carbocycles. The molecule has 1 saturated heterocycles. The van der Waals surface area contributed by atoms with Gasteiger partial charge in [-0.25, -0.2) is 0 Å². The summed E-state index contributed by atoms with van der Waals surface area (Å²) in [6.45, 7) is 3.33. The molecule has 3 rings (SSSR count). The highest BCUT2D eigenvalue weighted by molar-refractivity contribution is 6.25. The molecule has 2 heterocycles. The fraction of sp³-hybridized carbons (Fsp3) is 0.542. The van der Waals surface area contributed by atoms with Gasteiger partial charge < -0.3 is 30.0 Å². The topological polar surface area (TPSA) is 176 Å². The Hall–Kier alpha value is -3.39. The molecule has 4 N–H and O–H groups in total. The number of piperidine rings is 1. The summed E-state index contributed by atoms with van der Waals surface area (Å²) in [5.41, 5.74) is 5.90. The fourth-order valence-electron chi connectivity index (χ4n) is 3.85. The average molecular weight is 521 g/mol. The zero-order chi connectivity index (χ0) is 26.6. The third-order valence-corrected chi connectivity index (χ3v) is 5.64. The Labute approximate surface area is 213 Å². The van der Waals surface area contributed by atoms with Gasteiger partial charge in [-0.2, -0.15) is 0 Å². The van der Waals surface area contributed by atoms with Gasteiger partial charge in [0.15, 0.2) is 0 Å². The van der Waals surface area contributed by atoms with E-state index in [1.54, 1.807) is 18.2 Å². The number of imide groups is 2. The molecule has 0 aromatic heterocycles. The van der Waals surface area contributed by atoms with Crippen LogP contribution in [0.3, 0.4) is 0 Å². The Kier molecular flexibility index (Phi) is 11.0. The summed E-state index contributed by atoms with van der Waals surface area (Å²) < 4.78 is 21.4.